The topological polar surface area (TPSA) is 54.5 Å². The van der Waals surface area contributed by atoms with Gasteiger partial charge in [0.1, 0.15) is 0 Å². The molecule has 4 nitrogen and oxygen atoms in total. The Bertz CT molecular complexity index is 866. The number of carbonyl (C=O) groups is 1. The van der Waals surface area contributed by atoms with Crippen LogP contribution in [0.2, 0.25) is 10.0 Å². The van der Waals surface area contributed by atoms with Crippen molar-refractivity contribution < 1.29 is 13.2 Å². The number of benzene rings is 2. The van der Waals surface area contributed by atoms with Crippen LogP contribution in [0.3, 0.4) is 0 Å². The average Bonchev–Trinajstić information content (AvgIpc) is 2.58. The van der Waals surface area contributed by atoms with Crippen LogP contribution in [-0.2, 0) is 16.4 Å². The second-order valence-corrected chi connectivity index (χ2v) is 8.31. The molecule has 0 spiro atoms. The molecule has 0 unspecified atom stereocenters. The predicted octanol–water partition coefficient (Wildman–Crippen LogP) is 4.06. The number of sulfone groups is 1. The van der Waals surface area contributed by atoms with Crippen molar-refractivity contribution in [2.45, 2.75) is 18.4 Å². The van der Waals surface area contributed by atoms with E-state index in [0.29, 0.717) is 15.6 Å². The highest BCUT2D eigenvalue weighted by atomic mass is 35.5. The molecule has 1 amide bonds. The molecule has 0 aromatic heterocycles. The van der Waals surface area contributed by atoms with E-state index in [-0.39, 0.29) is 22.8 Å². The monoisotopic (exact) mass is 385 g/mol. The highest BCUT2D eigenvalue weighted by molar-refractivity contribution is 7.91. The van der Waals surface area contributed by atoms with Crippen molar-refractivity contribution in [3.63, 3.8) is 0 Å². The lowest BCUT2D eigenvalue weighted by Gasteiger charge is -2.20. The van der Waals surface area contributed by atoms with Crippen LogP contribution < -0.4 is 0 Å². The molecular weight excluding hydrogens is 369 g/mol. The summed E-state index contributed by atoms with van der Waals surface area (Å²) in [6, 6.07) is 11.4. The Morgan fingerprint density at radius 3 is 2.42 bits per heavy atom. The van der Waals surface area contributed by atoms with Crippen molar-refractivity contribution in [2.75, 3.05) is 12.8 Å². The van der Waals surface area contributed by atoms with Gasteiger partial charge < -0.3 is 4.90 Å². The number of hydrogen-bond acceptors (Lipinski definition) is 3. The maximum Gasteiger partial charge on any atom is 0.255 e. The number of carbonyl (C=O) groups excluding carboxylic acids is 1. The van der Waals surface area contributed by atoms with Gasteiger partial charge in [-0.1, -0.05) is 54.4 Å². The molecule has 0 atom stereocenters. The van der Waals surface area contributed by atoms with Gasteiger partial charge in [0.25, 0.3) is 5.91 Å². The van der Waals surface area contributed by atoms with E-state index < -0.39 is 15.7 Å². The maximum absolute atomic E-state index is 12.7. The highest BCUT2D eigenvalue weighted by Crippen LogP contribution is 2.27. The van der Waals surface area contributed by atoms with Crippen LogP contribution in [-0.4, -0.2) is 32.0 Å². The Morgan fingerprint density at radius 1 is 1.08 bits per heavy atom. The maximum atomic E-state index is 12.7. The molecule has 0 bridgehead atoms. The van der Waals surface area contributed by atoms with Gasteiger partial charge in [0, 0.05) is 13.6 Å². The van der Waals surface area contributed by atoms with Crippen LogP contribution >= 0.6 is 23.2 Å². The summed E-state index contributed by atoms with van der Waals surface area (Å²) in [5.41, 5.74) is 0.843. The lowest BCUT2D eigenvalue weighted by Crippen LogP contribution is -2.28. The summed E-state index contributed by atoms with van der Waals surface area (Å²) in [5, 5.41) is 0.789. The van der Waals surface area contributed by atoms with E-state index in [1.54, 1.807) is 44.3 Å². The van der Waals surface area contributed by atoms with Gasteiger partial charge in [0.15, 0.2) is 9.84 Å². The molecule has 0 radical (unpaired) electrons. The fourth-order valence-corrected chi connectivity index (χ4v) is 3.74. The molecule has 0 aliphatic heterocycles. The van der Waals surface area contributed by atoms with Crippen molar-refractivity contribution in [1.82, 2.24) is 4.90 Å². The van der Waals surface area contributed by atoms with E-state index >= 15 is 0 Å². The second-order valence-electron chi connectivity index (χ2n) is 5.27. The SMILES string of the molecule is CCS(=O)(=O)c1ccccc1C(=O)N(C)Cc1cccc(Cl)c1Cl. The van der Waals surface area contributed by atoms with Gasteiger partial charge in [-0.25, -0.2) is 8.42 Å². The third kappa shape index (κ3) is 3.91. The molecule has 0 saturated heterocycles. The summed E-state index contributed by atoms with van der Waals surface area (Å²) >= 11 is 12.1. The molecule has 7 heteroatoms. The second kappa shape index (κ2) is 7.55. The summed E-state index contributed by atoms with van der Waals surface area (Å²) in [5.74, 6) is -0.458. The van der Waals surface area contributed by atoms with Gasteiger partial charge >= 0.3 is 0 Å². The first-order valence-corrected chi connectivity index (χ1v) is 9.69. The molecule has 0 saturated carbocycles. The van der Waals surface area contributed by atoms with Crippen molar-refractivity contribution in [1.29, 1.82) is 0 Å². The van der Waals surface area contributed by atoms with Crippen molar-refractivity contribution >= 4 is 38.9 Å². The molecule has 0 aliphatic rings. The lowest BCUT2D eigenvalue weighted by atomic mass is 10.1. The Balaban J connectivity index is 2.34. The van der Waals surface area contributed by atoms with Crippen molar-refractivity contribution in [2.24, 2.45) is 0 Å². The molecule has 0 fully saturated rings. The third-order valence-corrected chi connectivity index (χ3v) is 6.26. The molecule has 24 heavy (non-hydrogen) atoms. The van der Waals surface area contributed by atoms with Gasteiger partial charge in [0.2, 0.25) is 0 Å². The highest BCUT2D eigenvalue weighted by Gasteiger charge is 2.23. The molecular formula is C17H17Cl2NO3S. The summed E-state index contributed by atoms with van der Waals surface area (Å²) in [6.07, 6.45) is 0. The first kappa shape index (κ1) is 18.8. The zero-order valence-corrected chi connectivity index (χ0v) is 15.6. The zero-order valence-electron chi connectivity index (χ0n) is 13.3. The normalized spacial score (nSPS) is 11.3. The van der Waals surface area contributed by atoms with Gasteiger partial charge in [-0.05, 0) is 23.8 Å². The number of nitrogens with zero attached hydrogens (tertiary/aromatic N) is 1. The van der Waals surface area contributed by atoms with E-state index in [1.165, 1.54) is 17.0 Å². The van der Waals surface area contributed by atoms with Crippen molar-refractivity contribution in [3.8, 4) is 0 Å². The first-order chi connectivity index (χ1) is 11.3. The van der Waals surface area contributed by atoms with Gasteiger partial charge in [-0.2, -0.15) is 0 Å². The molecule has 2 rings (SSSR count). The number of rotatable bonds is 5. The Morgan fingerprint density at radius 2 is 1.75 bits per heavy atom. The van der Waals surface area contributed by atoms with E-state index in [2.05, 4.69) is 0 Å². The van der Waals surface area contributed by atoms with Gasteiger partial charge in [-0.15, -0.1) is 0 Å². The van der Waals surface area contributed by atoms with Crippen LogP contribution in [0.4, 0.5) is 0 Å². The smallest absolute Gasteiger partial charge is 0.255 e. The fourth-order valence-electron chi connectivity index (χ4n) is 2.27. The van der Waals surface area contributed by atoms with E-state index in [4.69, 9.17) is 23.2 Å². The van der Waals surface area contributed by atoms with Gasteiger partial charge in [0.05, 0.1) is 26.3 Å². The largest absolute Gasteiger partial charge is 0.337 e. The quantitative estimate of drug-likeness (QED) is 0.779. The number of halogens is 2. The summed E-state index contributed by atoms with van der Waals surface area (Å²) in [7, 11) is -1.90. The van der Waals surface area contributed by atoms with Crippen LogP contribution in [0.1, 0.15) is 22.8 Å². The fraction of sp³-hybridized carbons (Fsp3) is 0.235. The number of hydrogen-bond donors (Lipinski definition) is 0. The summed E-state index contributed by atoms with van der Waals surface area (Å²) < 4.78 is 24.4. The van der Waals surface area contributed by atoms with Gasteiger partial charge in [-0.3, -0.25) is 4.79 Å². The molecule has 0 N–H and O–H groups in total. The van der Waals surface area contributed by atoms with E-state index in [0.717, 1.165) is 0 Å². The zero-order chi connectivity index (χ0) is 17.9. The lowest BCUT2D eigenvalue weighted by molar-refractivity contribution is 0.0781. The molecule has 0 heterocycles. The Labute approximate surface area is 151 Å². The van der Waals surface area contributed by atoms with Crippen LogP contribution in [0.15, 0.2) is 47.4 Å². The molecule has 128 valence electrons. The average molecular weight is 386 g/mol. The summed E-state index contributed by atoms with van der Waals surface area (Å²) in [4.78, 5) is 14.2. The Hall–Kier alpha value is -1.56. The van der Waals surface area contributed by atoms with Crippen LogP contribution in [0.25, 0.3) is 0 Å². The van der Waals surface area contributed by atoms with Crippen LogP contribution in [0, 0.1) is 0 Å². The molecule has 2 aromatic rings. The predicted molar refractivity (Wildman–Crippen MR) is 96.4 cm³/mol. The Kier molecular flexibility index (Phi) is 5.91. The molecule has 2 aromatic carbocycles. The minimum atomic E-state index is -3.49. The standard InChI is InChI=1S/C17H17Cl2NO3S/c1-3-24(22,23)15-10-5-4-8-13(15)17(21)20(2)11-12-7-6-9-14(18)16(12)19/h4-10H,3,11H2,1-2H3. The molecule has 0 aliphatic carbocycles. The number of amides is 1. The summed E-state index contributed by atoms with van der Waals surface area (Å²) in [6.45, 7) is 1.77. The van der Waals surface area contributed by atoms with E-state index in [1.807, 2.05) is 0 Å². The minimum absolute atomic E-state index is 0.0431. The third-order valence-electron chi connectivity index (χ3n) is 3.62. The van der Waals surface area contributed by atoms with Crippen molar-refractivity contribution in [3.05, 3.63) is 63.6 Å². The van der Waals surface area contributed by atoms with Crippen LogP contribution in [0.5, 0.6) is 0 Å². The van der Waals surface area contributed by atoms with E-state index in [9.17, 15) is 13.2 Å². The first-order valence-electron chi connectivity index (χ1n) is 7.28. The minimum Gasteiger partial charge on any atom is -0.337 e.